The van der Waals surface area contributed by atoms with Crippen molar-refractivity contribution < 1.29 is 9.53 Å². The van der Waals surface area contributed by atoms with Gasteiger partial charge in [-0.3, -0.25) is 4.79 Å². The first-order valence-electron chi connectivity index (χ1n) is 3.45. The number of rotatable bonds is 2. The molecule has 1 rings (SSSR count). The molecule has 1 saturated heterocycles. The molecule has 58 valence electrons. The second-order valence-corrected chi connectivity index (χ2v) is 3.21. The van der Waals surface area contributed by atoms with Gasteiger partial charge in [0, 0.05) is 18.9 Å². The average Bonchev–Trinajstić information content (AvgIpc) is 1.79. The van der Waals surface area contributed by atoms with Gasteiger partial charge in [0.25, 0.3) is 0 Å². The Morgan fingerprint density at radius 2 is 2.30 bits per heavy atom. The maximum Gasteiger partial charge on any atom is 0.216 e. The van der Waals surface area contributed by atoms with Crippen LogP contribution in [0.4, 0.5) is 0 Å². The van der Waals surface area contributed by atoms with Gasteiger partial charge < -0.3 is 10.1 Å². The van der Waals surface area contributed by atoms with Crippen molar-refractivity contribution in [1.82, 2.24) is 5.32 Å². The SMILES string of the molecule is CC(=O)NCC1(C)COC1. The number of amides is 1. The third-order valence-corrected chi connectivity index (χ3v) is 1.67. The van der Waals surface area contributed by atoms with Gasteiger partial charge in [-0.25, -0.2) is 0 Å². The summed E-state index contributed by atoms with van der Waals surface area (Å²) in [6.45, 7) is 5.91. The van der Waals surface area contributed by atoms with Crippen LogP contribution in [0.15, 0.2) is 0 Å². The number of nitrogens with one attached hydrogen (secondary N) is 1. The van der Waals surface area contributed by atoms with Crippen LogP contribution in [0.2, 0.25) is 0 Å². The Balaban J connectivity index is 2.18. The minimum atomic E-state index is 0.0353. The van der Waals surface area contributed by atoms with Crippen LogP contribution in [-0.2, 0) is 9.53 Å². The second kappa shape index (κ2) is 2.58. The fraction of sp³-hybridized carbons (Fsp3) is 0.857. The lowest BCUT2D eigenvalue weighted by atomic mass is 9.89. The summed E-state index contributed by atoms with van der Waals surface area (Å²) in [5, 5.41) is 2.77. The lowest BCUT2D eigenvalue weighted by Crippen LogP contribution is -2.48. The van der Waals surface area contributed by atoms with Crippen molar-refractivity contribution in [2.75, 3.05) is 19.8 Å². The normalized spacial score (nSPS) is 21.4. The predicted molar refractivity (Wildman–Crippen MR) is 37.6 cm³/mol. The minimum Gasteiger partial charge on any atom is -0.380 e. The van der Waals surface area contributed by atoms with Crippen LogP contribution >= 0.6 is 0 Å². The van der Waals surface area contributed by atoms with E-state index in [1.54, 1.807) is 0 Å². The fourth-order valence-corrected chi connectivity index (χ4v) is 0.890. The number of carbonyl (C=O) groups excluding carboxylic acids is 1. The monoisotopic (exact) mass is 143 g/mol. The van der Waals surface area contributed by atoms with Crippen LogP contribution in [0.5, 0.6) is 0 Å². The third kappa shape index (κ3) is 1.70. The Labute approximate surface area is 60.7 Å². The molecule has 0 atom stereocenters. The summed E-state index contributed by atoms with van der Waals surface area (Å²) in [4.78, 5) is 10.5. The molecule has 1 fully saturated rings. The Morgan fingerprint density at radius 1 is 1.70 bits per heavy atom. The first-order chi connectivity index (χ1) is 4.62. The summed E-state index contributed by atoms with van der Waals surface area (Å²) in [7, 11) is 0. The molecule has 0 saturated carbocycles. The highest BCUT2D eigenvalue weighted by molar-refractivity contribution is 5.72. The zero-order chi connectivity index (χ0) is 7.61. The maximum absolute atomic E-state index is 10.5. The number of carbonyl (C=O) groups is 1. The van der Waals surface area contributed by atoms with E-state index in [2.05, 4.69) is 12.2 Å². The largest absolute Gasteiger partial charge is 0.380 e. The summed E-state index contributed by atoms with van der Waals surface area (Å²) >= 11 is 0. The highest BCUT2D eigenvalue weighted by Gasteiger charge is 2.33. The standard InChI is InChI=1S/C7H13NO2/c1-6(9)8-3-7(2)4-10-5-7/h3-5H2,1-2H3,(H,8,9). The Bertz CT molecular complexity index is 141. The van der Waals surface area contributed by atoms with Gasteiger partial charge in [0.15, 0.2) is 0 Å². The summed E-state index contributed by atoms with van der Waals surface area (Å²) in [5.74, 6) is 0.0353. The van der Waals surface area contributed by atoms with E-state index in [0.29, 0.717) is 0 Å². The lowest BCUT2D eigenvalue weighted by molar-refractivity contribution is -0.124. The summed E-state index contributed by atoms with van der Waals surface area (Å²) in [6, 6.07) is 0. The van der Waals surface area contributed by atoms with Gasteiger partial charge >= 0.3 is 0 Å². The number of hydrogen-bond donors (Lipinski definition) is 1. The van der Waals surface area contributed by atoms with Crippen LogP contribution in [0.25, 0.3) is 0 Å². The highest BCUT2D eigenvalue weighted by Crippen LogP contribution is 2.24. The molecule has 0 aromatic heterocycles. The number of ether oxygens (including phenoxy) is 1. The van der Waals surface area contributed by atoms with Crippen LogP contribution in [0.3, 0.4) is 0 Å². The van der Waals surface area contributed by atoms with Gasteiger partial charge in [-0.1, -0.05) is 6.92 Å². The van der Waals surface area contributed by atoms with Crippen molar-refractivity contribution >= 4 is 5.91 Å². The van der Waals surface area contributed by atoms with Crippen molar-refractivity contribution in [2.45, 2.75) is 13.8 Å². The van der Waals surface area contributed by atoms with Crippen LogP contribution in [-0.4, -0.2) is 25.7 Å². The third-order valence-electron chi connectivity index (χ3n) is 1.67. The lowest BCUT2D eigenvalue weighted by Gasteiger charge is -2.37. The molecule has 1 heterocycles. The molecular weight excluding hydrogens is 130 g/mol. The van der Waals surface area contributed by atoms with Crippen molar-refractivity contribution in [3.05, 3.63) is 0 Å². The van der Waals surface area contributed by atoms with E-state index < -0.39 is 0 Å². The molecule has 3 heteroatoms. The fourth-order valence-electron chi connectivity index (χ4n) is 0.890. The van der Waals surface area contributed by atoms with Crippen LogP contribution < -0.4 is 5.32 Å². The van der Waals surface area contributed by atoms with Crippen molar-refractivity contribution in [1.29, 1.82) is 0 Å². The minimum absolute atomic E-state index is 0.0353. The molecule has 1 aliphatic heterocycles. The van der Waals surface area contributed by atoms with Crippen molar-refractivity contribution in [3.63, 3.8) is 0 Å². The topological polar surface area (TPSA) is 38.3 Å². The second-order valence-electron chi connectivity index (χ2n) is 3.21. The van der Waals surface area contributed by atoms with E-state index in [0.717, 1.165) is 19.8 Å². The Kier molecular flexibility index (Phi) is 1.94. The van der Waals surface area contributed by atoms with Crippen LogP contribution in [0, 0.1) is 5.41 Å². The maximum atomic E-state index is 10.5. The molecule has 1 N–H and O–H groups in total. The molecule has 0 aromatic carbocycles. The molecule has 0 aliphatic carbocycles. The van der Waals surface area contributed by atoms with Crippen LogP contribution in [0.1, 0.15) is 13.8 Å². The first-order valence-corrected chi connectivity index (χ1v) is 3.45. The van der Waals surface area contributed by atoms with Gasteiger partial charge in [0.1, 0.15) is 0 Å². The van der Waals surface area contributed by atoms with E-state index >= 15 is 0 Å². The average molecular weight is 143 g/mol. The van der Waals surface area contributed by atoms with E-state index in [1.165, 1.54) is 6.92 Å². The van der Waals surface area contributed by atoms with E-state index in [1.807, 2.05) is 0 Å². The molecule has 1 amide bonds. The molecule has 3 nitrogen and oxygen atoms in total. The molecule has 1 aliphatic rings. The molecule has 0 radical (unpaired) electrons. The summed E-state index contributed by atoms with van der Waals surface area (Å²) < 4.78 is 5.02. The van der Waals surface area contributed by atoms with Crippen molar-refractivity contribution in [2.24, 2.45) is 5.41 Å². The van der Waals surface area contributed by atoms with Gasteiger partial charge in [-0.2, -0.15) is 0 Å². The smallest absolute Gasteiger partial charge is 0.216 e. The molecule has 10 heavy (non-hydrogen) atoms. The zero-order valence-electron chi connectivity index (χ0n) is 6.44. The molecular formula is C7H13NO2. The molecule has 0 bridgehead atoms. The van der Waals surface area contributed by atoms with Gasteiger partial charge in [-0.15, -0.1) is 0 Å². The number of hydrogen-bond acceptors (Lipinski definition) is 2. The molecule has 0 unspecified atom stereocenters. The van der Waals surface area contributed by atoms with Crippen molar-refractivity contribution in [3.8, 4) is 0 Å². The van der Waals surface area contributed by atoms with Gasteiger partial charge in [-0.05, 0) is 0 Å². The first kappa shape index (κ1) is 7.54. The van der Waals surface area contributed by atoms with E-state index in [4.69, 9.17) is 4.74 Å². The summed E-state index contributed by atoms with van der Waals surface area (Å²) in [6.07, 6.45) is 0. The predicted octanol–water partition coefficient (Wildman–Crippen LogP) is 0.159. The Hall–Kier alpha value is -0.570. The van der Waals surface area contributed by atoms with E-state index in [9.17, 15) is 4.79 Å². The molecule has 0 spiro atoms. The highest BCUT2D eigenvalue weighted by atomic mass is 16.5. The van der Waals surface area contributed by atoms with Gasteiger partial charge in [0.05, 0.1) is 13.2 Å². The zero-order valence-corrected chi connectivity index (χ0v) is 6.44. The van der Waals surface area contributed by atoms with E-state index in [-0.39, 0.29) is 11.3 Å². The quantitative estimate of drug-likeness (QED) is 0.598. The molecule has 0 aromatic rings. The summed E-state index contributed by atoms with van der Waals surface area (Å²) in [5.41, 5.74) is 0.200. The Morgan fingerprint density at radius 3 is 2.60 bits per heavy atom. The van der Waals surface area contributed by atoms with Gasteiger partial charge in [0.2, 0.25) is 5.91 Å².